The average Bonchev–Trinajstić information content (AvgIpc) is 2.96. The van der Waals surface area contributed by atoms with Gasteiger partial charge in [0.05, 0.1) is 23.1 Å². The summed E-state index contributed by atoms with van der Waals surface area (Å²) in [6.07, 6.45) is 4.84. The molecular weight excluding hydrogens is 356 g/mol. The second-order valence-corrected chi connectivity index (χ2v) is 6.83. The molecule has 1 aliphatic heterocycles. The lowest BCUT2D eigenvalue weighted by Crippen LogP contribution is -2.47. The Bertz CT molecular complexity index is 695. The van der Waals surface area contributed by atoms with Gasteiger partial charge in [-0.3, -0.25) is 4.79 Å². The number of carbonyl (C=O) groups is 1. The standard InChI is InChI=1S/C17H21BrN4O/c1-12-16(17(23)21-9-3-2-4-15(21)10-19)11-20-22(12)14-7-5-13(18)6-8-14/h5-8,11,15H,2-4,9-10,19H2,1H3. The van der Waals surface area contributed by atoms with Crippen molar-refractivity contribution in [2.75, 3.05) is 13.1 Å². The third-order valence-electron chi connectivity index (χ3n) is 4.47. The summed E-state index contributed by atoms with van der Waals surface area (Å²) in [5.74, 6) is 0.0426. The van der Waals surface area contributed by atoms with E-state index in [1.807, 2.05) is 36.1 Å². The first-order valence-corrected chi connectivity index (χ1v) is 8.72. The summed E-state index contributed by atoms with van der Waals surface area (Å²) in [5, 5.41) is 4.41. The van der Waals surface area contributed by atoms with Gasteiger partial charge in [0.1, 0.15) is 0 Å². The predicted octanol–water partition coefficient (Wildman–Crippen LogP) is 2.90. The lowest BCUT2D eigenvalue weighted by atomic mass is 10.0. The molecular formula is C17H21BrN4O. The zero-order valence-corrected chi connectivity index (χ0v) is 14.8. The van der Waals surface area contributed by atoms with Gasteiger partial charge in [0.2, 0.25) is 0 Å². The summed E-state index contributed by atoms with van der Waals surface area (Å²) < 4.78 is 2.82. The third-order valence-corrected chi connectivity index (χ3v) is 5.00. The molecule has 1 fully saturated rings. The first-order chi connectivity index (χ1) is 11.1. The van der Waals surface area contributed by atoms with Crippen LogP contribution in [0.2, 0.25) is 0 Å². The van der Waals surface area contributed by atoms with Crippen molar-refractivity contribution in [1.29, 1.82) is 0 Å². The number of hydrogen-bond acceptors (Lipinski definition) is 3. The number of benzene rings is 1. The van der Waals surface area contributed by atoms with E-state index in [4.69, 9.17) is 5.73 Å². The van der Waals surface area contributed by atoms with Gasteiger partial charge in [0.15, 0.2) is 0 Å². The number of hydrogen-bond donors (Lipinski definition) is 1. The van der Waals surface area contributed by atoms with Crippen LogP contribution in [0.25, 0.3) is 5.69 Å². The number of halogens is 1. The van der Waals surface area contributed by atoms with Gasteiger partial charge in [-0.05, 0) is 50.5 Å². The SMILES string of the molecule is Cc1c(C(=O)N2CCCCC2CN)cnn1-c1ccc(Br)cc1. The van der Waals surface area contributed by atoms with Crippen LogP contribution in [-0.2, 0) is 0 Å². The van der Waals surface area contributed by atoms with Gasteiger partial charge in [-0.25, -0.2) is 4.68 Å². The maximum atomic E-state index is 12.9. The van der Waals surface area contributed by atoms with Crippen LogP contribution in [0, 0.1) is 6.92 Å². The van der Waals surface area contributed by atoms with Crippen molar-refractivity contribution in [1.82, 2.24) is 14.7 Å². The molecule has 2 aromatic rings. The van der Waals surface area contributed by atoms with E-state index in [2.05, 4.69) is 21.0 Å². The summed E-state index contributed by atoms with van der Waals surface area (Å²) in [6, 6.07) is 8.02. The first kappa shape index (κ1) is 16.2. The molecule has 1 aromatic carbocycles. The molecule has 0 bridgehead atoms. The van der Waals surface area contributed by atoms with Gasteiger partial charge >= 0.3 is 0 Å². The van der Waals surface area contributed by atoms with E-state index in [-0.39, 0.29) is 11.9 Å². The highest BCUT2D eigenvalue weighted by atomic mass is 79.9. The second-order valence-electron chi connectivity index (χ2n) is 5.92. The molecule has 3 rings (SSSR count). The molecule has 0 spiro atoms. The van der Waals surface area contributed by atoms with Gasteiger partial charge in [0.25, 0.3) is 5.91 Å². The molecule has 2 N–H and O–H groups in total. The second kappa shape index (κ2) is 6.84. The molecule has 0 saturated carbocycles. The van der Waals surface area contributed by atoms with Crippen molar-refractivity contribution >= 4 is 21.8 Å². The van der Waals surface area contributed by atoms with Gasteiger partial charge in [-0.1, -0.05) is 15.9 Å². The van der Waals surface area contributed by atoms with Crippen LogP contribution in [0.4, 0.5) is 0 Å². The number of amides is 1. The van der Waals surface area contributed by atoms with E-state index < -0.39 is 0 Å². The van der Waals surface area contributed by atoms with Crippen LogP contribution in [-0.4, -0.2) is 39.7 Å². The van der Waals surface area contributed by atoms with E-state index in [1.54, 1.807) is 10.9 Å². The zero-order valence-electron chi connectivity index (χ0n) is 13.2. The topological polar surface area (TPSA) is 64.2 Å². The van der Waals surface area contributed by atoms with Crippen molar-refractivity contribution < 1.29 is 4.79 Å². The Morgan fingerprint density at radius 3 is 2.78 bits per heavy atom. The predicted molar refractivity (Wildman–Crippen MR) is 93.7 cm³/mol. The summed E-state index contributed by atoms with van der Waals surface area (Å²) >= 11 is 3.43. The molecule has 1 aromatic heterocycles. The third kappa shape index (κ3) is 3.19. The largest absolute Gasteiger partial charge is 0.334 e. The molecule has 122 valence electrons. The highest BCUT2D eigenvalue weighted by molar-refractivity contribution is 9.10. The Labute approximate surface area is 144 Å². The quantitative estimate of drug-likeness (QED) is 0.895. The summed E-state index contributed by atoms with van der Waals surface area (Å²) in [5.41, 5.74) is 8.30. The molecule has 1 saturated heterocycles. The Kier molecular flexibility index (Phi) is 4.82. The van der Waals surface area contributed by atoms with Crippen molar-refractivity contribution in [3.63, 3.8) is 0 Å². The van der Waals surface area contributed by atoms with Gasteiger partial charge < -0.3 is 10.6 Å². The first-order valence-electron chi connectivity index (χ1n) is 7.93. The van der Waals surface area contributed by atoms with Gasteiger partial charge in [0, 0.05) is 23.6 Å². The average molecular weight is 377 g/mol. The fourth-order valence-corrected chi connectivity index (χ4v) is 3.39. The molecule has 23 heavy (non-hydrogen) atoms. The summed E-state index contributed by atoms with van der Waals surface area (Å²) in [6.45, 7) is 3.24. The van der Waals surface area contributed by atoms with Crippen molar-refractivity contribution in [3.8, 4) is 5.69 Å². The van der Waals surface area contributed by atoms with Crippen molar-refractivity contribution in [3.05, 3.63) is 46.2 Å². The van der Waals surface area contributed by atoms with Crippen molar-refractivity contribution in [2.45, 2.75) is 32.2 Å². The minimum atomic E-state index is 0.0426. The van der Waals surface area contributed by atoms with Crippen LogP contribution < -0.4 is 5.73 Å². The molecule has 0 radical (unpaired) electrons. The number of nitrogens with two attached hydrogens (primary N) is 1. The molecule has 0 aliphatic carbocycles. The van der Waals surface area contributed by atoms with E-state index >= 15 is 0 Å². The van der Waals surface area contributed by atoms with Crippen LogP contribution in [0.3, 0.4) is 0 Å². The molecule has 1 unspecified atom stereocenters. The van der Waals surface area contributed by atoms with E-state index in [0.29, 0.717) is 12.1 Å². The number of piperidine rings is 1. The Morgan fingerprint density at radius 2 is 2.09 bits per heavy atom. The monoisotopic (exact) mass is 376 g/mol. The number of rotatable bonds is 3. The maximum absolute atomic E-state index is 12.9. The highest BCUT2D eigenvalue weighted by Gasteiger charge is 2.28. The molecule has 2 heterocycles. The number of nitrogens with zero attached hydrogens (tertiary/aromatic N) is 3. The fourth-order valence-electron chi connectivity index (χ4n) is 3.13. The zero-order chi connectivity index (χ0) is 16.4. The molecule has 6 heteroatoms. The number of aromatic nitrogens is 2. The highest BCUT2D eigenvalue weighted by Crippen LogP contribution is 2.22. The Balaban J connectivity index is 1.89. The Hall–Kier alpha value is -1.66. The number of carbonyl (C=O) groups excluding carboxylic acids is 1. The smallest absolute Gasteiger partial charge is 0.257 e. The maximum Gasteiger partial charge on any atom is 0.257 e. The lowest BCUT2D eigenvalue weighted by Gasteiger charge is -2.35. The van der Waals surface area contributed by atoms with Crippen LogP contribution in [0.1, 0.15) is 35.3 Å². The molecule has 1 atom stereocenters. The van der Waals surface area contributed by atoms with Crippen LogP contribution in [0.5, 0.6) is 0 Å². The van der Waals surface area contributed by atoms with Crippen LogP contribution >= 0.6 is 15.9 Å². The normalized spacial score (nSPS) is 18.2. The Morgan fingerprint density at radius 1 is 1.35 bits per heavy atom. The van der Waals surface area contributed by atoms with Crippen molar-refractivity contribution in [2.24, 2.45) is 5.73 Å². The minimum absolute atomic E-state index is 0.0426. The van der Waals surface area contributed by atoms with E-state index in [9.17, 15) is 4.79 Å². The minimum Gasteiger partial charge on any atom is -0.334 e. The molecule has 1 amide bonds. The van der Waals surface area contributed by atoms with Crippen LogP contribution in [0.15, 0.2) is 34.9 Å². The molecule has 5 nitrogen and oxygen atoms in total. The number of likely N-dealkylation sites (tertiary alicyclic amines) is 1. The van der Waals surface area contributed by atoms with E-state index in [0.717, 1.165) is 41.7 Å². The van der Waals surface area contributed by atoms with Gasteiger partial charge in [-0.2, -0.15) is 5.10 Å². The fraction of sp³-hybridized carbons (Fsp3) is 0.412. The summed E-state index contributed by atoms with van der Waals surface area (Å²) in [7, 11) is 0. The molecule has 1 aliphatic rings. The summed E-state index contributed by atoms with van der Waals surface area (Å²) in [4.78, 5) is 14.8. The lowest BCUT2D eigenvalue weighted by molar-refractivity contribution is 0.0622. The van der Waals surface area contributed by atoms with E-state index in [1.165, 1.54) is 0 Å². The van der Waals surface area contributed by atoms with Gasteiger partial charge in [-0.15, -0.1) is 0 Å².